The molecule has 2 heterocycles. The minimum atomic E-state index is -3.76. The predicted octanol–water partition coefficient (Wildman–Crippen LogP) is 5.42. The Labute approximate surface area is 225 Å². The van der Waals surface area contributed by atoms with Crippen LogP contribution in [0.2, 0.25) is 0 Å². The summed E-state index contributed by atoms with van der Waals surface area (Å²) in [7, 11) is -3.76. The zero-order chi connectivity index (χ0) is 26.7. The molecule has 1 fully saturated rings. The Morgan fingerprint density at radius 3 is 2.32 bits per heavy atom. The summed E-state index contributed by atoms with van der Waals surface area (Å²) in [6.07, 6.45) is 1.58. The van der Waals surface area contributed by atoms with Gasteiger partial charge in [0.1, 0.15) is 11.1 Å². The molecule has 3 aromatic carbocycles. The van der Waals surface area contributed by atoms with Crippen LogP contribution in [-0.4, -0.2) is 30.9 Å². The van der Waals surface area contributed by atoms with Crippen molar-refractivity contribution in [2.45, 2.75) is 23.7 Å². The van der Waals surface area contributed by atoms with Crippen LogP contribution in [0.25, 0.3) is 0 Å². The van der Waals surface area contributed by atoms with Crippen LogP contribution in [0.1, 0.15) is 32.6 Å². The van der Waals surface area contributed by atoms with Crippen LogP contribution in [-0.2, 0) is 21.4 Å². The van der Waals surface area contributed by atoms with Crippen LogP contribution in [0.15, 0.2) is 101 Å². The molecule has 2 amide bonds. The first kappa shape index (κ1) is 25.6. The monoisotopic (exact) mass is 547 g/mol. The van der Waals surface area contributed by atoms with Crippen molar-refractivity contribution in [1.82, 2.24) is 4.90 Å². The summed E-state index contributed by atoms with van der Waals surface area (Å²) < 4.78 is 33.3. The molecule has 1 aliphatic heterocycles. The van der Waals surface area contributed by atoms with Crippen molar-refractivity contribution in [3.05, 3.63) is 114 Å². The van der Waals surface area contributed by atoms with E-state index in [0.717, 1.165) is 11.1 Å². The molecule has 2 N–H and O–H groups in total. The van der Waals surface area contributed by atoms with Gasteiger partial charge in [0.05, 0.1) is 23.5 Å². The summed E-state index contributed by atoms with van der Waals surface area (Å²) in [6, 6.07) is 23.8. The predicted molar refractivity (Wildman–Crippen MR) is 147 cm³/mol. The van der Waals surface area contributed by atoms with Gasteiger partial charge < -0.3 is 14.6 Å². The standard InChI is InChI=1S/C28H25N3O5S2/c1-19-4-10-23(11-5-19)30-38(34,35)25-14-12-22(13-15-25)29-27(33)20-6-8-21(9-7-20)28-31(26(32)18-37-28)17-24-3-2-16-36-24/h2-16,28,30H,17-18H2,1H3,(H,29,33)/t28-/m0/s1. The summed E-state index contributed by atoms with van der Waals surface area (Å²) in [5.41, 5.74) is 3.33. The second kappa shape index (κ2) is 10.8. The van der Waals surface area contributed by atoms with Gasteiger partial charge in [0, 0.05) is 16.9 Å². The molecule has 1 aromatic heterocycles. The molecule has 1 atom stereocenters. The topological polar surface area (TPSA) is 109 Å². The van der Waals surface area contributed by atoms with Crippen LogP contribution < -0.4 is 10.0 Å². The number of carbonyl (C=O) groups is 2. The lowest BCUT2D eigenvalue weighted by molar-refractivity contribution is -0.128. The highest BCUT2D eigenvalue weighted by Crippen LogP contribution is 2.39. The fourth-order valence-corrected chi connectivity index (χ4v) is 6.27. The van der Waals surface area contributed by atoms with Crippen LogP contribution in [0.5, 0.6) is 0 Å². The number of thioether (sulfide) groups is 1. The lowest BCUT2D eigenvalue weighted by atomic mass is 10.1. The Morgan fingerprint density at radius 1 is 0.974 bits per heavy atom. The molecule has 194 valence electrons. The lowest BCUT2D eigenvalue weighted by Gasteiger charge is -2.23. The summed E-state index contributed by atoms with van der Waals surface area (Å²) in [5, 5.41) is 2.63. The fraction of sp³-hybridized carbons (Fsp3) is 0.143. The number of hydrogen-bond donors (Lipinski definition) is 2. The van der Waals surface area contributed by atoms with Crippen molar-refractivity contribution in [3.63, 3.8) is 0 Å². The van der Waals surface area contributed by atoms with Gasteiger partial charge in [-0.25, -0.2) is 8.42 Å². The van der Waals surface area contributed by atoms with Gasteiger partial charge in [-0.1, -0.05) is 29.8 Å². The first-order valence-electron chi connectivity index (χ1n) is 11.8. The number of sulfonamides is 1. The maximum Gasteiger partial charge on any atom is 0.261 e. The Morgan fingerprint density at radius 2 is 1.66 bits per heavy atom. The third-order valence-electron chi connectivity index (χ3n) is 6.06. The normalized spacial score (nSPS) is 15.4. The third kappa shape index (κ3) is 5.76. The maximum absolute atomic E-state index is 12.8. The van der Waals surface area contributed by atoms with Crippen molar-refractivity contribution in [2.75, 3.05) is 15.8 Å². The number of rotatable bonds is 8. The van der Waals surface area contributed by atoms with E-state index in [9.17, 15) is 18.0 Å². The molecule has 0 spiro atoms. The van der Waals surface area contributed by atoms with Gasteiger partial charge >= 0.3 is 0 Å². The van der Waals surface area contributed by atoms with E-state index in [1.54, 1.807) is 53.6 Å². The molecular formula is C28H25N3O5S2. The third-order valence-corrected chi connectivity index (χ3v) is 8.71. The number of benzene rings is 3. The van der Waals surface area contributed by atoms with Crippen LogP contribution in [0.4, 0.5) is 11.4 Å². The average molecular weight is 548 g/mol. The summed E-state index contributed by atoms with van der Waals surface area (Å²) >= 11 is 1.53. The summed E-state index contributed by atoms with van der Waals surface area (Å²) in [6.45, 7) is 2.31. The quantitative estimate of drug-likeness (QED) is 0.305. The number of amides is 2. The van der Waals surface area contributed by atoms with Crippen molar-refractivity contribution in [2.24, 2.45) is 0 Å². The van der Waals surface area contributed by atoms with E-state index >= 15 is 0 Å². The second-order valence-corrected chi connectivity index (χ2v) is 11.6. The number of nitrogens with zero attached hydrogens (tertiary/aromatic N) is 1. The van der Waals surface area contributed by atoms with Crippen molar-refractivity contribution in [1.29, 1.82) is 0 Å². The molecule has 0 unspecified atom stereocenters. The number of carbonyl (C=O) groups excluding carboxylic acids is 2. The molecule has 38 heavy (non-hydrogen) atoms. The second-order valence-electron chi connectivity index (χ2n) is 8.84. The van der Waals surface area contributed by atoms with Crippen LogP contribution >= 0.6 is 11.8 Å². The number of furan rings is 1. The Bertz CT molecular complexity index is 1530. The fourth-order valence-electron chi connectivity index (χ4n) is 4.03. The highest BCUT2D eigenvalue weighted by atomic mass is 32.2. The molecule has 4 aromatic rings. The molecule has 1 aliphatic rings. The molecule has 10 heteroatoms. The number of hydrogen-bond acceptors (Lipinski definition) is 6. The van der Waals surface area contributed by atoms with E-state index in [1.165, 1.54) is 23.9 Å². The van der Waals surface area contributed by atoms with E-state index < -0.39 is 10.0 Å². The molecule has 8 nitrogen and oxygen atoms in total. The molecule has 0 bridgehead atoms. The van der Waals surface area contributed by atoms with Crippen molar-refractivity contribution in [3.8, 4) is 0 Å². The number of aryl methyl sites for hydroxylation is 1. The van der Waals surface area contributed by atoms with E-state index in [-0.39, 0.29) is 22.1 Å². The average Bonchev–Trinajstić information content (AvgIpc) is 3.56. The van der Waals surface area contributed by atoms with Gasteiger partial charge in [-0.2, -0.15) is 0 Å². The van der Waals surface area contributed by atoms with Crippen molar-refractivity contribution >= 4 is 45.0 Å². The Balaban J connectivity index is 1.22. The zero-order valence-corrected chi connectivity index (χ0v) is 22.1. The van der Waals surface area contributed by atoms with Gasteiger partial charge in [0.25, 0.3) is 15.9 Å². The lowest BCUT2D eigenvalue weighted by Crippen LogP contribution is -2.27. The molecule has 0 saturated carbocycles. The number of nitrogens with one attached hydrogen (secondary N) is 2. The van der Waals surface area contributed by atoms with E-state index in [1.807, 2.05) is 37.3 Å². The Kier molecular flexibility index (Phi) is 7.26. The SMILES string of the molecule is Cc1ccc(NS(=O)(=O)c2ccc(NC(=O)c3ccc([C@@H]4SCC(=O)N4Cc4ccco4)cc3)cc2)cc1. The van der Waals surface area contributed by atoms with Crippen LogP contribution in [0.3, 0.4) is 0 Å². The van der Waals surface area contributed by atoms with Crippen molar-refractivity contribution < 1.29 is 22.4 Å². The summed E-state index contributed by atoms with van der Waals surface area (Å²) in [5.74, 6) is 0.816. The molecular weight excluding hydrogens is 522 g/mol. The van der Waals surface area contributed by atoms with Gasteiger partial charge in [-0.3, -0.25) is 14.3 Å². The van der Waals surface area contributed by atoms with Gasteiger partial charge in [-0.05, 0) is 73.2 Å². The van der Waals surface area contributed by atoms with Gasteiger partial charge in [0.15, 0.2) is 0 Å². The zero-order valence-electron chi connectivity index (χ0n) is 20.5. The van der Waals surface area contributed by atoms with Gasteiger partial charge in [0.2, 0.25) is 5.91 Å². The van der Waals surface area contributed by atoms with E-state index in [2.05, 4.69) is 10.0 Å². The summed E-state index contributed by atoms with van der Waals surface area (Å²) in [4.78, 5) is 27.1. The van der Waals surface area contributed by atoms with Crippen LogP contribution in [0, 0.1) is 6.92 Å². The van der Waals surface area contributed by atoms with Gasteiger partial charge in [-0.15, -0.1) is 11.8 Å². The molecule has 0 radical (unpaired) electrons. The Hall–Kier alpha value is -4.02. The number of anilines is 2. The first-order chi connectivity index (χ1) is 18.3. The smallest absolute Gasteiger partial charge is 0.261 e. The largest absolute Gasteiger partial charge is 0.467 e. The maximum atomic E-state index is 12.8. The first-order valence-corrected chi connectivity index (χ1v) is 14.4. The molecule has 1 saturated heterocycles. The molecule has 5 rings (SSSR count). The minimum absolute atomic E-state index is 0.0396. The van der Waals surface area contributed by atoms with E-state index in [4.69, 9.17) is 4.42 Å². The van der Waals surface area contributed by atoms with E-state index in [0.29, 0.717) is 35.0 Å². The minimum Gasteiger partial charge on any atom is -0.467 e. The highest BCUT2D eigenvalue weighted by molar-refractivity contribution is 8.00. The molecule has 0 aliphatic carbocycles. The highest BCUT2D eigenvalue weighted by Gasteiger charge is 2.33.